The van der Waals surface area contributed by atoms with E-state index in [0.717, 1.165) is 63.4 Å². The lowest BCUT2D eigenvalue weighted by atomic mass is 9.93. The van der Waals surface area contributed by atoms with E-state index in [1.807, 2.05) is 0 Å². The minimum atomic E-state index is -1.89. The van der Waals surface area contributed by atoms with Gasteiger partial charge in [-0.1, -0.05) is 0 Å². The van der Waals surface area contributed by atoms with Crippen LogP contribution in [0.1, 0.15) is 30.5 Å². The van der Waals surface area contributed by atoms with Crippen molar-refractivity contribution >= 4 is 17.1 Å². The second-order valence-corrected chi connectivity index (χ2v) is 6.70. The van der Waals surface area contributed by atoms with Crippen LogP contribution in [-0.2, 0) is 24.2 Å². The van der Waals surface area contributed by atoms with Crippen LogP contribution < -0.4 is 14.9 Å². The highest BCUT2D eigenvalue weighted by molar-refractivity contribution is 7.77. The maximum atomic E-state index is 10.6. The number of nitrogens with zero attached hydrogens (tertiary/aromatic N) is 3. The van der Waals surface area contributed by atoms with Crippen molar-refractivity contribution < 1.29 is 8.76 Å². The monoisotopic (exact) mass is 325 g/mol. The molecule has 0 aliphatic carbocycles. The van der Waals surface area contributed by atoms with E-state index in [1.54, 1.807) is 6.33 Å². The van der Waals surface area contributed by atoms with Gasteiger partial charge in [0.2, 0.25) is 11.3 Å². The molecule has 0 radical (unpaired) electrons. The first-order valence-corrected chi connectivity index (χ1v) is 8.97. The molecule has 1 saturated heterocycles. The van der Waals surface area contributed by atoms with Crippen molar-refractivity contribution in [1.82, 2.24) is 20.0 Å². The molecule has 0 spiro atoms. The van der Waals surface area contributed by atoms with E-state index in [-0.39, 0.29) is 0 Å². The predicted octanol–water partition coefficient (Wildman–Crippen LogP) is 0.455. The first kappa shape index (κ1) is 15.8. The van der Waals surface area contributed by atoms with Crippen LogP contribution in [0.5, 0.6) is 0 Å². The number of rotatable bonds is 5. The first-order valence-electron chi connectivity index (χ1n) is 7.87. The zero-order valence-corrected chi connectivity index (χ0v) is 13.4. The topological polar surface area (TPSA) is 90.4 Å². The summed E-state index contributed by atoms with van der Waals surface area (Å²) in [5, 5.41) is 3.35. The highest BCUT2D eigenvalue weighted by Gasteiger charge is 2.24. The summed E-state index contributed by atoms with van der Waals surface area (Å²) < 4.78 is 21.9. The largest absolute Gasteiger partial charge is 0.356 e. The van der Waals surface area contributed by atoms with Gasteiger partial charge in [-0.2, -0.15) is 0 Å². The highest BCUT2D eigenvalue weighted by Crippen LogP contribution is 2.28. The van der Waals surface area contributed by atoms with Crippen molar-refractivity contribution in [3.8, 4) is 0 Å². The van der Waals surface area contributed by atoms with Gasteiger partial charge >= 0.3 is 0 Å². The Bertz CT molecular complexity index is 534. The fourth-order valence-electron chi connectivity index (χ4n) is 3.32. The van der Waals surface area contributed by atoms with Gasteiger partial charge in [0.1, 0.15) is 12.1 Å². The number of anilines is 1. The summed E-state index contributed by atoms with van der Waals surface area (Å²) in [4.78, 5) is 11.3. The van der Waals surface area contributed by atoms with E-state index in [1.165, 1.54) is 5.56 Å². The third-order valence-electron chi connectivity index (χ3n) is 4.55. The molecular weight excluding hydrogens is 302 g/mol. The molecule has 0 aromatic carbocycles. The molecule has 122 valence electrons. The normalized spacial score (nSPS) is 20.7. The summed E-state index contributed by atoms with van der Waals surface area (Å²) in [5.74, 6) is 1.73. The number of hydrogen-bond donors (Lipinski definition) is 3. The van der Waals surface area contributed by atoms with E-state index < -0.39 is 11.3 Å². The molecule has 1 aromatic rings. The summed E-state index contributed by atoms with van der Waals surface area (Å²) in [6.07, 6.45) is 5.84. The molecular formula is C14H23N5O2S. The molecule has 0 bridgehead atoms. The summed E-state index contributed by atoms with van der Waals surface area (Å²) in [6.45, 7) is 4.44. The average molecular weight is 325 g/mol. The van der Waals surface area contributed by atoms with Crippen molar-refractivity contribution in [2.24, 2.45) is 5.92 Å². The van der Waals surface area contributed by atoms with Crippen molar-refractivity contribution in [2.45, 2.75) is 32.2 Å². The molecule has 1 fully saturated rings. The number of fused-ring (bicyclic) bond motifs is 1. The van der Waals surface area contributed by atoms with E-state index in [0.29, 0.717) is 12.5 Å². The van der Waals surface area contributed by atoms with E-state index in [4.69, 9.17) is 4.55 Å². The van der Waals surface area contributed by atoms with Crippen LogP contribution in [0.4, 0.5) is 5.82 Å². The van der Waals surface area contributed by atoms with Gasteiger partial charge in [0.05, 0.1) is 5.69 Å². The molecule has 0 amide bonds. The van der Waals surface area contributed by atoms with Crippen molar-refractivity contribution in [2.75, 3.05) is 31.1 Å². The quantitative estimate of drug-likeness (QED) is 0.681. The van der Waals surface area contributed by atoms with E-state index in [2.05, 4.69) is 24.9 Å². The molecule has 8 heteroatoms. The van der Waals surface area contributed by atoms with Crippen LogP contribution >= 0.6 is 0 Å². The van der Waals surface area contributed by atoms with Gasteiger partial charge in [-0.05, 0) is 38.1 Å². The Morgan fingerprint density at radius 3 is 3.00 bits per heavy atom. The zero-order chi connectivity index (χ0) is 15.4. The summed E-state index contributed by atoms with van der Waals surface area (Å²) in [6, 6.07) is 0. The van der Waals surface area contributed by atoms with Gasteiger partial charge in [0, 0.05) is 31.7 Å². The van der Waals surface area contributed by atoms with Crippen LogP contribution in [0, 0.1) is 5.92 Å². The maximum Gasteiger partial charge on any atom is 0.231 e. The van der Waals surface area contributed by atoms with Gasteiger partial charge in [-0.15, -0.1) is 0 Å². The zero-order valence-electron chi connectivity index (χ0n) is 12.6. The van der Waals surface area contributed by atoms with Crippen molar-refractivity contribution in [3.63, 3.8) is 0 Å². The van der Waals surface area contributed by atoms with Crippen molar-refractivity contribution in [1.29, 1.82) is 0 Å². The number of piperidine rings is 1. The summed E-state index contributed by atoms with van der Waals surface area (Å²) >= 11 is -1.89. The van der Waals surface area contributed by atoms with Crippen LogP contribution in [0.2, 0.25) is 0 Å². The maximum absolute atomic E-state index is 10.6. The summed E-state index contributed by atoms with van der Waals surface area (Å²) in [5.41, 5.74) is 2.44. The Labute approximate surface area is 133 Å². The first-order chi connectivity index (χ1) is 10.7. The van der Waals surface area contributed by atoms with Crippen LogP contribution in [0.15, 0.2) is 6.33 Å². The van der Waals surface area contributed by atoms with Gasteiger partial charge in [0.25, 0.3) is 0 Å². The number of hydrogen-bond acceptors (Lipinski definition) is 5. The lowest BCUT2D eigenvalue weighted by Crippen LogP contribution is -2.37. The molecule has 3 rings (SSSR count). The minimum absolute atomic E-state index is 0.600. The third-order valence-corrected chi connectivity index (χ3v) is 5.00. The van der Waals surface area contributed by atoms with Crippen LogP contribution in [0.3, 0.4) is 0 Å². The Morgan fingerprint density at radius 2 is 2.23 bits per heavy atom. The molecule has 3 heterocycles. The Kier molecular flexibility index (Phi) is 5.35. The average Bonchev–Trinajstić information content (AvgIpc) is 2.55. The van der Waals surface area contributed by atoms with Crippen LogP contribution in [-0.4, -0.2) is 44.9 Å². The molecule has 7 nitrogen and oxygen atoms in total. The van der Waals surface area contributed by atoms with Crippen molar-refractivity contribution in [3.05, 3.63) is 17.6 Å². The van der Waals surface area contributed by atoms with Crippen LogP contribution in [0.25, 0.3) is 0 Å². The fourth-order valence-corrected chi connectivity index (χ4v) is 3.62. The van der Waals surface area contributed by atoms with E-state index in [9.17, 15) is 4.21 Å². The van der Waals surface area contributed by atoms with E-state index >= 15 is 0 Å². The lowest BCUT2D eigenvalue weighted by Gasteiger charge is -2.34. The lowest BCUT2D eigenvalue weighted by molar-refractivity contribution is 0.379. The van der Waals surface area contributed by atoms with Gasteiger partial charge in [-0.25, -0.2) is 18.9 Å². The molecule has 0 saturated carbocycles. The Balaban J connectivity index is 1.56. The SMILES string of the molecule is O=S(O)NCCC1CCN(c2ncnc3c2CCNC3)CC1. The summed E-state index contributed by atoms with van der Waals surface area (Å²) in [7, 11) is 0. The minimum Gasteiger partial charge on any atom is -0.356 e. The molecule has 1 unspecified atom stereocenters. The van der Waals surface area contributed by atoms with Gasteiger partial charge < -0.3 is 10.2 Å². The number of nitrogens with one attached hydrogen (secondary N) is 2. The standard InChI is InChI=1S/C14H23N5O2S/c20-22(21)18-6-1-11-3-7-19(8-4-11)14-12-2-5-15-9-13(12)16-10-17-14/h10-11,15,18H,1-9H2,(H,20,21). The molecule has 22 heavy (non-hydrogen) atoms. The molecule has 2 aliphatic rings. The number of aromatic nitrogens is 2. The Morgan fingerprint density at radius 1 is 1.41 bits per heavy atom. The molecule has 1 aromatic heterocycles. The smallest absolute Gasteiger partial charge is 0.231 e. The Hall–Kier alpha value is -1.09. The predicted molar refractivity (Wildman–Crippen MR) is 85.8 cm³/mol. The molecule has 1 atom stereocenters. The van der Waals surface area contributed by atoms with Gasteiger partial charge in [0.15, 0.2) is 0 Å². The third kappa shape index (κ3) is 3.81. The molecule has 2 aliphatic heterocycles. The second kappa shape index (κ2) is 7.45. The fraction of sp³-hybridized carbons (Fsp3) is 0.714. The highest BCUT2D eigenvalue weighted by atomic mass is 32.2. The molecule has 3 N–H and O–H groups in total. The second-order valence-electron chi connectivity index (χ2n) is 5.91. The van der Waals surface area contributed by atoms with Gasteiger partial charge in [-0.3, -0.25) is 4.55 Å².